The van der Waals surface area contributed by atoms with Gasteiger partial charge >= 0.3 is 0 Å². The molecular formula is C19H20BrN5O2S. The normalized spacial score (nSPS) is 10.7. The van der Waals surface area contributed by atoms with Gasteiger partial charge in [0.05, 0.1) is 5.75 Å². The van der Waals surface area contributed by atoms with Crippen molar-refractivity contribution in [2.45, 2.75) is 25.1 Å². The second-order valence-corrected chi connectivity index (χ2v) is 7.80. The average Bonchev–Trinajstić information content (AvgIpc) is 3.06. The monoisotopic (exact) mass is 461 g/mol. The Bertz CT molecular complexity index is 929. The molecular weight excluding hydrogens is 442 g/mol. The molecule has 0 saturated carbocycles. The number of benzene rings is 1. The lowest BCUT2D eigenvalue weighted by Gasteiger charge is -2.07. The quantitative estimate of drug-likeness (QED) is 0.513. The number of thioether (sulfide) groups is 1. The second-order valence-electron chi connectivity index (χ2n) is 5.94. The molecule has 3 rings (SSSR count). The number of anilines is 1. The highest BCUT2D eigenvalue weighted by Crippen LogP contribution is 2.18. The van der Waals surface area contributed by atoms with Gasteiger partial charge in [0.2, 0.25) is 5.91 Å². The summed E-state index contributed by atoms with van der Waals surface area (Å²) in [5, 5.41) is 11.7. The zero-order valence-electron chi connectivity index (χ0n) is 15.6. The Hall–Kier alpha value is -2.39. The third-order valence-corrected chi connectivity index (χ3v) is 5.44. The Morgan fingerprint density at radius 1 is 1.21 bits per heavy atom. The number of aryl methyl sites for hydroxylation is 1. The van der Waals surface area contributed by atoms with E-state index in [0.29, 0.717) is 23.4 Å². The largest absolute Gasteiger partial charge is 0.486 e. The van der Waals surface area contributed by atoms with Crippen molar-refractivity contribution in [2.75, 3.05) is 11.1 Å². The van der Waals surface area contributed by atoms with E-state index in [2.05, 4.69) is 43.4 Å². The van der Waals surface area contributed by atoms with Crippen molar-refractivity contribution in [3.63, 3.8) is 0 Å². The van der Waals surface area contributed by atoms with Gasteiger partial charge in [-0.3, -0.25) is 4.79 Å². The van der Waals surface area contributed by atoms with Crippen LogP contribution in [0, 0.1) is 0 Å². The van der Waals surface area contributed by atoms with Gasteiger partial charge in [0, 0.05) is 17.7 Å². The van der Waals surface area contributed by atoms with Crippen LogP contribution in [0.15, 0.2) is 52.2 Å². The predicted molar refractivity (Wildman–Crippen MR) is 112 cm³/mol. The summed E-state index contributed by atoms with van der Waals surface area (Å²) >= 11 is 4.62. The molecule has 0 fully saturated rings. The molecule has 2 aromatic heterocycles. The first-order chi connectivity index (χ1) is 13.5. The van der Waals surface area contributed by atoms with Crippen LogP contribution in [0.4, 0.5) is 5.82 Å². The first kappa shape index (κ1) is 20.3. The first-order valence-electron chi connectivity index (χ1n) is 8.69. The molecule has 7 nitrogen and oxygen atoms in total. The summed E-state index contributed by atoms with van der Waals surface area (Å²) in [5.74, 6) is 2.04. The van der Waals surface area contributed by atoms with Crippen molar-refractivity contribution in [2.24, 2.45) is 7.05 Å². The van der Waals surface area contributed by atoms with E-state index >= 15 is 0 Å². The number of carbonyl (C=O) groups is 1. The third kappa shape index (κ3) is 5.56. The molecule has 0 atom stereocenters. The maximum Gasteiger partial charge on any atom is 0.236 e. The minimum atomic E-state index is -0.156. The van der Waals surface area contributed by atoms with Crippen LogP contribution in [0.2, 0.25) is 0 Å². The molecule has 28 heavy (non-hydrogen) atoms. The second kappa shape index (κ2) is 9.70. The van der Waals surface area contributed by atoms with E-state index in [1.54, 1.807) is 12.3 Å². The number of rotatable bonds is 8. The fourth-order valence-corrected chi connectivity index (χ4v) is 3.29. The molecule has 1 amide bonds. The van der Waals surface area contributed by atoms with Crippen LogP contribution in [0.5, 0.6) is 5.75 Å². The fourth-order valence-electron chi connectivity index (χ4n) is 2.32. The number of aromatic nitrogens is 4. The highest BCUT2D eigenvalue weighted by Gasteiger charge is 2.12. The van der Waals surface area contributed by atoms with Gasteiger partial charge in [0.25, 0.3) is 0 Å². The Morgan fingerprint density at radius 2 is 2.00 bits per heavy atom. The summed E-state index contributed by atoms with van der Waals surface area (Å²) in [6.07, 6.45) is 2.63. The van der Waals surface area contributed by atoms with Crippen molar-refractivity contribution >= 4 is 39.4 Å². The number of hydrogen-bond donors (Lipinski definition) is 1. The minimum Gasteiger partial charge on any atom is -0.486 e. The van der Waals surface area contributed by atoms with Crippen LogP contribution in [0.3, 0.4) is 0 Å². The zero-order valence-corrected chi connectivity index (χ0v) is 18.0. The van der Waals surface area contributed by atoms with E-state index < -0.39 is 0 Å². The van der Waals surface area contributed by atoms with Gasteiger partial charge in [-0.2, -0.15) is 0 Å². The summed E-state index contributed by atoms with van der Waals surface area (Å²) in [5.41, 5.74) is 1.27. The standard InChI is InChI=1S/C19H20BrN5O2S/c1-3-13-4-7-15(8-5-13)27-11-17-23-24-19(25(17)2)28-12-18(26)22-16-9-6-14(20)10-21-16/h4-10H,3,11-12H2,1-2H3,(H,21,22,26). The Kier molecular flexibility index (Phi) is 7.05. The maximum atomic E-state index is 12.1. The van der Waals surface area contributed by atoms with E-state index in [1.165, 1.54) is 17.3 Å². The average molecular weight is 462 g/mol. The molecule has 1 aromatic carbocycles. The minimum absolute atomic E-state index is 0.156. The lowest BCUT2D eigenvalue weighted by atomic mass is 10.2. The number of carbonyl (C=O) groups excluding carboxylic acids is 1. The van der Waals surface area contributed by atoms with E-state index in [9.17, 15) is 4.79 Å². The van der Waals surface area contributed by atoms with Crippen molar-refractivity contribution < 1.29 is 9.53 Å². The number of nitrogens with one attached hydrogen (secondary N) is 1. The summed E-state index contributed by atoms with van der Waals surface area (Å²) in [4.78, 5) is 16.2. The lowest BCUT2D eigenvalue weighted by molar-refractivity contribution is -0.113. The highest BCUT2D eigenvalue weighted by molar-refractivity contribution is 9.10. The van der Waals surface area contributed by atoms with Crippen LogP contribution < -0.4 is 10.1 Å². The van der Waals surface area contributed by atoms with Gasteiger partial charge in [-0.25, -0.2) is 4.98 Å². The zero-order chi connectivity index (χ0) is 19.9. The molecule has 9 heteroatoms. The van der Waals surface area contributed by atoms with Crippen molar-refractivity contribution in [3.05, 3.63) is 58.5 Å². The number of ether oxygens (including phenoxy) is 1. The van der Waals surface area contributed by atoms with Gasteiger partial charge in [-0.1, -0.05) is 30.8 Å². The molecule has 2 heterocycles. The molecule has 0 saturated heterocycles. The van der Waals surface area contributed by atoms with Crippen LogP contribution in [0.1, 0.15) is 18.3 Å². The number of hydrogen-bond acceptors (Lipinski definition) is 6. The molecule has 0 aliphatic carbocycles. The molecule has 0 aliphatic heterocycles. The van der Waals surface area contributed by atoms with Gasteiger partial charge in [-0.05, 0) is 52.2 Å². The molecule has 0 unspecified atom stereocenters. The first-order valence-corrected chi connectivity index (χ1v) is 10.5. The van der Waals surface area contributed by atoms with Crippen molar-refractivity contribution in [3.8, 4) is 5.75 Å². The molecule has 0 spiro atoms. The molecule has 0 aliphatic rings. The van der Waals surface area contributed by atoms with Crippen LogP contribution in [0.25, 0.3) is 0 Å². The van der Waals surface area contributed by atoms with Crippen LogP contribution in [-0.2, 0) is 24.9 Å². The van der Waals surface area contributed by atoms with Gasteiger partial charge in [0.15, 0.2) is 11.0 Å². The van der Waals surface area contributed by atoms with Gasteiger partial charge in [0.1, 0.15) is 18.2 Å². The number of nitrogens with zero attached hydrogens (tertiary/aromatic N) is 4. The fraction of sp³-hybridized carbons (Fsp3) is 0.263. The molecule has 3 aromatic rings. The van der Waals surface area contributed by atoms with Gasteiger partial charge < -0.3 is 14.6 Å². The van der Waals surface area contributed by atoms with Crippen LogP contribution in [-0.4, -0.2) is 31.4 Å². The Labute approximate surface area is 176 Å². The lowest BCUT2D eigenvalue weighted by Crippen LogP contribution is -2.15. The highest BCUT2D eigenvalue weighted by atomic mass is 79.9. The molecule has 1 N–H and O–H groups in total. The Balaban J connectivity index is 1.50. The summed E-state index contributed by atoms with van der Waals surface area (Å²) in [6.45, 7) is 2.43. The summed E-state index contributed by atoms with van der Waals surface area (Å²) in [6, 6.07) is 11.5. The molecule has 0 radical (unpaired) electrons. The SMILES string of the molecule is CCc1ccc(OCc2nnc(SCC(=O)Nc3ccc(Br)cn3)n2C)cc1. The summed E-state index contributed by atoms with van der Waals surface area (Å²) in [7, 11) is 1.86. The van der Waals surface area contributed by atoms with E-state index in [-0.39, 0.29) is 11.7 Å². The maximum absolute atomic E-state index is 12.1. The number of halogens is 1. The Morgan fingerprint density at radius 3 is 2.68 bits per heavy atom. The van der Waals surface area contributed by atoms with Gasteiger partial charge in [-0.15, -0.1) is 10.2 Å². The van der Waals surface area contributed by atoms with Crippen molar-refractivity contribution in [1.82, 2.24) is 19.7 Å². The van der Waals surface area contributed by atoms with E-state index in [4.69, 9.17) is 4.74 Å². The number of pyridine rings is 1. The van der Waals surface area contributed by atoms with Crippen molar-refractivity contribution in [1.29, 1.82) is 0 Å². The number of amides is 1. The van der Waals surface area contributed by atoms with Crippen LogP contribution >= 0.6 is 27.7 Å². The smallest absolute Gasteiger partial charge is 0.236 e. The molecule has 0 bridgehead atoms. The van der Waals surface area contributed by atoms with E-state index in [0.717, 1.165) is 16.6 Å². The van der Waals surface area contributed by atoms with E-state index in [1.807, 2.05) is 41.9 Å². The molecule has 146 valence electrons. The third-order valence-electron chi connectivity index (χ3n) is 3.95. The predicted octanol–water partition coefficient (Wildman–Crippen LogP) is 3.84. The summed E-state index contributed by atoms with van der Waals surface area (Å²) < 4.78 is 8.46. The topological polar surface area (TPSA) is 81.9 Å².